The van der Waals surface area contributed by atoms with Crippen LogP contribution < -0.4 is 10.1 Å². The first-order chi connectivity index (χ1) is 11.7. The van der Waals surface area contributed by atoms with E-state index in [2.05, 4.69) is 29.6 Å². The normalized spacial score (nSPS) is 12.1. The van der Waals surface area contributed by atoms with Gasteiger partial charge in [0.05, 0.1) is 18.5 Å². The van der Waals surface area contributed by atoms with Crippen molar-refractivity contribution >= 4 is 23.1 Å². The van der Waals surface area contributed by atoms with E-state index in [4.69, 9.17) is 4.74 Å². The molecule has 3 aromatic carbocycles. The van der Waals surface area contributed by atoms with E-state index in [-0.39, 0.29) is 11.6 Å². The molecule has 3 aromatic rings. The van der Waals surface area contributed by atoms with Crippen LogP contribution in [-0.2, 0) is 6.42 Å². The number of anilines is 2. The quantitative estimate of drug-likeness (QED) is 0.539. The molecule has 0 amide bonds. The summed E-state index contributed by atoms with van der Waals surface area (Å²) in [5.41, 5.74) is 4.07. The number of nitrogens with one attached hydrogen (secondary N) is 1. The molecule has 4 rings (SSSR count). The SMILES string of the molecule is COc1ccc(Cc2[c]ccc3c2Nc2ccccc2S3)cc1F. The first kappa shape index (κ1) is 15.1. The molecule has 0 unspecified atom stereocenters. The number of halogens is 1. The van der Waals surface area contributed by atoms with Gasteiger partial charge in [-0.15, -0.1) is 0 Å². The first-order valence-corrected chi connectivity index (χ1v) is 8.46. The van der Waals surface area contributed by atoms with Crippen LogP contribution in [0.3, 0.4) is 0 Å². The van der Waals surface area contributed by atoms with Gasteiger partial charge < -0.3 is 10.1 Å². The van der Waals surface area contributed by atoms with Gasteiger partial charge in [-0.1, -0.05) is 36.0 Å². The van der Waals surface area contributed by atoms with Crippen LogP contribution in [0.2, 0.25) is 0 Å². The zero-order chi connectivity index (χ0) is 16.5. The van der Waals surface area contributed by atoms with E-state index in [0.717, 1.165) is 27.4 Å². The van der Waals surface area contributed by atoms with Crippen molar-refractivity contribution in [2.24, 2.45) is 0 Å². The fraction of sp³-hybridized carbons (Fsp3) is 0.100. The Kier molecular flexibility index (Phi) is 3.90. The average molecular weight is 336 g/mol. The summed E-state index contributed by atoms with van der Waals surface area (Å²) in [6, 6.07) is 20.6. The molecule has 1 N–H and O–H groups in total. The highest BCUT2D eigenvalue weighted by Gasteiger charge is 2.18. The number of hydrogen-bond acceptors (Lipinski definition) is 3. The average Bonchev–Trinajstić information content (AvgIpc) is 2.61. The summed E-state index contributed by atoms with van der Waals surface area (Å²) in [4.78, 5) is 2.37. The molecule has 1 radical (unpaired) electrons. The van der Waals surface area contributed by atoms with E-state index in [9.17, 15) is 4.39 Å². The zero-order valence-corrected chi connectivity index (χ0v) is 13.9. The van der Waals surface area contributed by atoms with Crippen molar-refractivity contribution in [3.05, 3.63) is 77.6 Å². The number of ether oxygens (including phenoxy) is 1. The number of para-hydroxylation sites is 1. The van der Waals surface area contributed by atoms with Gasteiger partial charge in [-0.25, -0.2) is 4.39 Å². The van der Waals surface area contributed by atoms with E-state index >= 15 is 0 Å². The van der Waals surface area contributed by atoms with Crippen LogP contribution in [0, 0.1) is 11.9 Å². The monoisotopic (exact) mass is 336 g/mol. The molecule has 0 saturated carbocycles. The molecule has 1 aliphatic heterocycles. The Morgan fingerprint density at radius 3 is 2.83 bits per heavy atom. The summed E-state index contributed by atoms with van der Waals surface area (Å²) in [6.45, 7) is 0. The molecule has 0 aromatic heterocycles. The predicted octanol–water partition coefficient (Wildman–Crippen LogP) is 5.43. The van der Waals surface area contributed by atoms with Crippen molar-refractivity contribution in [2.45, 2.75) is 16.2 Å². The standard InChI is InChI=1S/C20H15FNOS/c1-23-17-10-9-13(12-15(17)21)11-14-5-4-8-19-20(14)22-16-6-2-3-7-18(16)24-19/h2-4,6-10,12,22H,11H2,1H3. The van der Waals surface area contributed by atoms with Gasteiger partial charge in [0.15, 0.2) is 11.6 Å². The topological polar surface area (TPSA) is 21.3 Å². The molecule has 0 saturated heterocycles. The van der Waals surface area contributed by atoms with Crippen LogP contribution >= 0.6 is 11.8 Å². The molecule has 0 fully saturated rings. The molecular formula is C20H15FNOS. The molecule has 4 heteroatoms. The maximum atomic E-state index is 13.9. The van der Waals surface area contributed by atoms with Crippen LogP contribution in [0.4, 0.5) is 15.8 Å². The van der Waals surface area contributed by atoms with Gasteiger partial charge in [-0.05, 0) is 47.5 Å². The van der Waals surface area contributed by atoms with Gasteiger partial charge in [0.2, 0.25) is 0 Å². The summed E-state index contributed by atoms with van der Waals surface area (Å²) >= 11 is 1.74. The van der Waals surface area contributed by atoms with Crippen LogP contribution in [0.5, 0.6) is 5.75 Å². The lowest BCUT2D eigenvalue weighted by Gasteiger charge is -2.23. The zero-order valence-electron chi connectivity index (χ0n) is 13.1. The third-order valence-electron chi connectivity index (χ3n) is 4.00. The van der Waals surface area contributed by atoms with Crippen molar-refractivity contribution in [2.75, 3.05) is 12.4 Å². The largest absolute Gasteiger partial charge is 0.494 e. The van der Waals surface area contributed by atoms with Gasteiger partial charge in [0.25, 0.3) is 0 Å². The van der Waals surface area contributed by atoms with Gasteiger partial charge >= 0.3 is 0 Å². The van der Waals surface area contributed by atoms with Crippen LogP contribution in [0.15, 0.2) is 64.4 Å². The molecule has 1 heterocycles. The lowest BCUT2D eigenvalue weighted by atomic mass is 10.0. The fourth-order valence-corrected chi connectivity index (χ4v) is 3.84. The molecule has 2 nitrogen and oxygen atoms in total. The summed E-state index contributed by atoms with van der Waals surface area (Å²) in [5.74, 6) is -0.0760. The van der Waals surface area contributed by atoms with Gasteiger partial charge in [-0.3, -0.25) is 0 Å². The Morgan fingerprint density at radius 1 is 1.12 bits per heavy atom. The highest BCUT2D eigenvalue weighted by molar-refractivity contribution is 7.99. The lowest BCUT2D eigenvalue weighted by Crippen LogP contribution is -2.04. The number of hydrogen-bond donors (Lipinski definition) is 1. The smallest absolute Gasteiger partial charge is 0.165 e. The number of benzene rings is 3. The maximum absolute atomic E-state index is 13.9. The minimum Gasteiger partial charge on any atom is -0.494 e. The Morgan fingerprint density at radius 2 is 2.00 bits per heavy atom. The molecule has 1 aliphatic rings. The van der Waals surface area contributed by atoms with E-state index in [1.54, 1.807) is 17.8 Å². The lowest BCUT2D eigenvalue weighted by molar-refractivity contribution is 0.386. The van der Waals surface area contributed by atoms with Crippen molar-refractivity contribution in [3.8, 4) is 5.75 Å². The first-order valence-electron chi connectivity index (χ1n) is 7.64. The van der Waals surface area contributed by atoms with E-state index in [1.807, 2.05) is 24.3 Å². The second kappa shape index (κ2) is 6.21. The second-order valence-electron chi connectivity index (χ2n) is 5.56. The molecule has 24 heavy (non-hydrogen) atoms. The van der Waals surface area contributed by atoms with Crippen molar-refractivity contribution < 1.29 is 9.13 Å². The van der Waals surface area contributed by atoms with Crippen LogP contribution in [0.1, 0.15) is 11.1 Å². The highest BCUT2D eigenvalue weighted by Crippen LogP contribution is 2.45. The Labute approximate surface area is 144 Å². The third kappa shape index (κ3) is 2.74. The van der Waals surface area contributed by atoms with E-state index in [1.165, 1.54) is 18.1 Å². The molecular weight excluding hydrogens is 321 g/mol. The van der Waals surface area contributed by atoms with Gasteiger partial charge in [-0.2, -0.15) is 0 Å². The summed E-state index contributed by atoms with van der Waals surface area (Å²) in [6.07, 6.45) is 0.611. The van der Waals surface area contributed by atoms with E-state index in [0.29, 0.717) is 6.42 Å². The Hall–Kier alpha value is -2.46. The molecule has 0 aliphatic carbocycles. The molecule has 0 bridgehead atoms. The van der Waals surface area contributed by atoms with Crippen molar-refractivity contribution in [3.63, 3.8) is 0 Å². The Bertz CT molecular complexity index is 910. The maximum Gasteiger partial charge on any atom is 0.165 e. The number of rotatable bonds is 3. The number of methoxy groups -OCH3 is 1. The molecule has 0 atom stereocenters. The minimum atomic E-state index is -0.340. The van der Waals surface area contributed by atoms with Crippen molar-refractivity contribution in [1.82, 2.24) is 0 Å². The summed E-state index contributed by atoms with van der Waals surface area (Å²) in [5, 5.41) is 3.50. The van der Waals surface area contributed by atoms with Gasteiger partial charge in [0, 0.05) is 16.2 Å². The fourth-order valence-electron chi connectivity index (χ4n) is 2.82. The third-order valence-corrected chi connectivity index (χ3v) is 5.14. The minimum absolute atomic E-state index is 0.264. The van der Waals surface area contributed by atoms with Crippen LogP contribution in [0.25, 0.3) is 0 Å². The van der Waals surface area contributed by atoms with Crippen LogP contribution in [-0.4, -0.2) is 7.11 Å². The predicted molar refractivity (Wildman–Crippen MR) is 94.9 cm³/mol. The summed E-state index contributed by atoms with van der Waals surface area (Å²) in [7, 11) is 1.47. The molecule has 119 valence electrons. The van der Waals surface area contributed by atoms with Crippen molar-refractivity contribution in [1.29, 1.82) is 0 Å². The second-order valence-corrected chi connectivity index (χ2v) is 6.65. The summed E-state index contributed by atoms with van der Waals surface area (Å²) < 4.78 is 18.9. The van der Waals surface area contributed by atoms with Gasteiger partial charge in [0.1, 0.15) is 0 Å². The highest BCUT2D eigenvalue weighted by atomic mass is 32.2. The molecule has 0 spiro atoms. The number of fused-ring (bicyclic) bond motifs is 2. The Balaban J connectivity index is 1.68. The van der Waals surface area contributed by atoms with E-state index < -0.39 is 0 Å².